The predicted molar refractivity (Wildman–Crippen MR) is 127 cm³/mol. The van der Waals surface area contributed by atoms with Crippen LogP contribution in [0.2, 0.25) is 0 Å². The van der Waals surface area contributed by atoms with Gasteiger partial charge in [0.2, 0.25) is 5.75 Å². The Kier molecular flexibility index (Phi) is 5.82. The molecule has 5 nitrogen and oxygen atoms in total. The van der Waals surface area contributed by atoms with Crippen LogP contribution in [-0.4, -0.2) is 28.4 Å². The van der Waals surface area contributed by atoms with Gasteiger partial charge in [-0.2, -0.15) is 0 Å². The van der Waals surface area contributed by atoms with E-state index in [1.807, 2.05) is 48.5 Å². The molecule has 0 N–H and O–H groups in total. The van der Waals surface area contributed by atoms with Crippen molar-refractivity contribution in [2.45, 2.75) is 6.92 Å². The van der Waals surface area contributed by atoms with Crippen LogP contribution in [0.3, 0.4) is 0 Å². The summed E-state index contributed by atoms with van der Waals surface area (Å²) in [7, 11) is 6.44. The van der Waals surface area contributed by atoms with E-state index in [0.29, 0.717) is 17.2 Å². The lowest BCUT2D eigenvalue weighted by molar-refractivity contribution is 0.324. The first-order valence-corrected chi connectivity index (χ1v) is 10.2. The van der Waals surface area contributed by atoms with E-state index in [2.05, 4.69) is 19.6 Å². The number of ether oxygens (including phenoxy) is 4. The summed E-state index contributed by atoms with van der Waals surface area (Å²) in [5.74, 6) is 3.20. The van der Waals surface area contributed by atoms with Crippen LogP contribution in [0.25, 0.3) is 27.9 Å². The third kappa shape index (κ3) is 3.66. The van der Waals surface area contributed by atoms with Crippen molar-refractivity contribution in [2.24, 2.45) is 0 Å². The number of rotatable bonds is 7. The topological polar surface area (TPSA) is 50.1 Å². The average molecular weight is 431 g/mol. The molecule has 0 aliphatic heterocycles. The predicted octanol–water partition coefficient (Wildman–Crippen LogP) is 6.50. The molecule has 0 radical (unpaired) electrons. The van der Waals surface area contributed by atoms with Crippen LogP contribution in [-0.2, 0) is 0 Å². The van der Waals surface area contributed by atoms with Gasteiger partial charge in [-0.3, -0.25) is 0 Å². The molecule has 0 spiro atoms. The molecule has 1 aromatic heterocycles. The zero-order valence-corrected chi connectivity index (χ0v) is 18.9. The van der Waals surface area contributed by atoms with Gasteiger partial charge in [-0.15, -0.1) is 0 Å². The van der Waals surface area contributed by atoms with Crippen LogP contribution in [0.4, 0.5) is 0 Å². The first-order chi connectivity index (χ1) is 15.5. The van der Waals surface area contributed by atoms with Gasteiger partial charge in [-0.05, 0) is 66.6 Å². The van der Waals surface area contributed by atoms with Crippen molar-refractivity contribution in [1.29, 1.82) is 0 Å². The van der Waals surface area contributed by atoms with E-state index in [1.165, 1.54) is 0 Å². The lowest BCUT2D eigenvalue weighted by atomic mass is 9.93. The van der Waals surface area contributed by atoms with E-state index in [0.717, 1.165) is 50.3 Å². The Morgan fingerprint density at radius 1 is 0.781 bits per heavy atom. The molecule has 3 aromatic carbocycles. The van der Waals surface area contributed by atoms with E-state index in [-0.39, 0.29) is 0 Å². The molecule has 0 bridgehead atoms. The Morgan fingerprint density at radius 2 is 1.44 bits per heavy atom. The molecular formula is C27H26O5. The van der Waals surface area contributed by atoms with Crippen LogP contribution in [0.1, 0.15) is 16.7 Å². The Balaban J connectivity index is 1.95. The first-order valence-electron chi connectivity index (χ1n) is 10.2. The molecule has 0 saturated carbocycles. The maximum atomic E-state index is 6.33. The van der Waals surface area contributed by atoms with Gasteiger partial charge in [0.15, 0.2) is 11.5 Å². The second-order valence-corrected chi connectivity index (χ2v) is 7.43. The van der Waals surface area contributed by atoms with Gasteiger partial charge >= 0.3 is 0 Å². The van der Waals surface area contributed by atoms with Crippen molar-refractivity contribution in [3.8, 4) is 34.3 Å². The van der Waals surface area contributed by atoms with E-state index < -0.39 is 0 Å². The third-order valence-electron chi connectivity index (χ3n) is 5.51. The quantitative estimate of drug-likeness (QED) is 0.335. The Bertz CT molecular complexity index is 1260. The SMILES string of the molecule is C=C(c1cc(OC)c(OC)c(OC)c1)c1c(-c2ccc(OC)cc2)oc2ccc(C)cc12. The van der Waals surface area contributed by atoms with Gasteiger partial charge in [0.1, 0.15) is 17.1 Å². The van der Waals surface area contributed by atoms with Crippen molar-refractivity contribution in [2.75, 3.05) is 28.4 Å². The molecule has 5 heteroatoms. The molecule has 0 saturated heterocycles. The van der Waals surface area contributed by atoms with Crippen LogP contribution < -0.4 is 18.9 Å². The minimum Gasteiger partial charge on any atom is -0.497 e. The summed E-state index contributed by atoms with van der Waals surface area (Å²) < 4.78 is 28.2. The number of methoxy groups -OCH3 is 4. The third-order valence-corrected chi connectivity index (χ3v) is 5.51. The van der Waals surface area contributed by atoms with Gasteiger partial charge in [0.05, 0.1) is 28.4 Å². The Hall–Kier alpha value is -3.86. The number of benzene rings is 3. The molecule has 32 heavy (non-hydrogen) atoms. The lowest BCUT2D eigenvalue weighted by Gasteiger charge is -2.15. The highest BCUT2D eigenvalue weighted by molar-refractivity contribution is 6.02. The van der Waals surface area contributed by atoms with Crippen molar-refractivity contribution < 1.29 is 23.4 Å². The number of furan rings is 1. The number of aryl methyl sites for hydroxylation is 1. The molecule has 1 heterocycles. The summed E-state index contributed by atoms with van der Waals surface area (Å²) in [5, 5.41) is 0.995. The largest absolute Gasteiger partial charge is 0.497 e. The van der Waals surface area contributed by atoms with E-state index in [1.54, 1.807) is 28.4 Å². The molecule has 0 aliphatic rings. The summed E-state index contributed by atoms with van der Waals surface area (Å²) in [6, 6.07) is 17.7. The van der Waals surface area contributed by atoms with Crippen molar-refractivity contribution in [3.63, 3.8) is 0 Å². The molecule has 0 unspecified atom stereocenters. The lowest BCUT2D eigenvalue weighted by Crippen LogP contribution is -1.97. The maximum Gasteiger partial charge on any atom is 0.203 e. The van der Waals surface area contributed by atoms with Gasteiger partial charge in [0.25, 0.3) is 0 Å². The van der Waals surface area contributed by atoms with Gasteiger partial charge in [-0.1, -0.05) is 18.2 Å². The van der Waals surface area contributed by atoms with Crippen molar-refractivity contribution in [1.82, 2.24) is 0 Å². The van der Waals surface area contributed by atoms with Crippen LogP contribution >= 0.6 is 0 Å². The van der Waals surface area contributed by atoms with Gasteiger partial charge in [0, 0.05) is 16.5 Å². The molecule has 0 aliphatic carbocycles. The highest BCUT2D eigenvalue weighted by Gasteiger charge is 2.22. The molecule has 0 fully saturated rings. The van der Waals surface area contributed by atoms with E-state index in [4.69, 9.17) is 23.4 Å². The van der Waals surface area contributed by atoms with Crippen LogP contribution in [0, 0.1) is 6.92 Å². The normalized spacial score (nSPS) is 10.8. The zero-order valence-electron chi connectivity index (χ0n) is 18.9. The second kappa shape index (κ2) is 8.71. The summed E-state index contributed by atoms with van der Waals surface area (Å²) in [4.78, 5) is 0. The Labute approximate surface area is 187 Å². The molecule has 0 atom stereocenters. The summed E-state index contributed by atoms with van der Waals surface area (Å²) in [6.07, 6.45) is 0. The van der Waals surface area contributed by atoms with E-state index >= 15 is 0 Å². The number of fused-ring (bicyclic) bond motifs is 1. The zero-order chi connectivity index (χ0) is 22.8. The molecule has 0 amide bonds. The monoisotopic (exact) mass is 430 g/mol. The molecule has 164 valence electrons. The van der Waals surface area contributed by atoms with Crippen LogP contribution in [0.5, 0.6) is 23.0 Å². The standard InChI is InChI=1S/C27H26O5/c1-16-7-12-22-21(13-16)25(26(32-22)18-8-10-20(28-3)11-9-18)17(2)19-14-23(29-4)27(31-6)24(15-19)30-5/h7-15H,2H2,1,3-6H3. The van der Waals surface area contributed by atoms with Crippen LogP contribution in [0.15, 0.2) is 65.6 Å². The van der Waals surface area contributed by atoms with E-state index in [9.17, 15) is 0 Å². The molecular weight excluding hydrogens is 404 g/mol. The maximum absolute atomic E-state index is 6.33. The van der Waals surface area contributed by atoms with Crippen molar-refractivity contribution >= 4 is 16.5 Å². The fraction of sp³-hybridized carbons (Fsp3) is 0.185. The van der Waals surface area contributed by atoms with Crippen molar-refractivity contribution in [3.05, 3.63) is 77.9 Å². The number of hydrogen-bond donors (Lipinski definition) is 0. The summed E-state index contributed by atoms with van der Waals surface area (Å²) >= 11 is 0. The second-order valence-electron chi connectivity index (χ2n) is 7.43. The highest BCUT2D eigenvalue weighted by Crippen LogP contribution is 2.45. The number of hydrogen-bond acceptors (Lipinski definition) is 5. The fourth-order valence-corrected chi connectivity index (χ4v) is 3.86. The first kappa shape index (κ1) is 21.4. The summed E-state index contributed by atoms with van der Waals surface area (Å²) in [5.41, 5.74) is 5.42. The minimum atomic E-state index is 0.537. The smallest absolute Gasteiger partial charge is 0.203 e. The van der Waals surface area contributed by atoms with Gasteiger partial charge < -0.3 is 23.4 Å². The highest BCUT2D eigenvalue weighted by atomic mass is 16.5. The minimum absolute atomic E-state index is 0.537. The molecule has 4 rings (SSSR count). The summed E-state index contributed by atoms with van der Waals surface area (Å²) in [6.45, 7) is 6.50. The molecule has 4 aromatic rings. The van der Waals surface area contributed by atoms with Gasteiger partial charge in [-0.25, -0.2) is 0 Å². The fourth-order valence-electron chi connectivity index (χ4n) is 3.86. The average Bonchev–Trinajstić information content (AvgIpc) is 3.21. The Morgan fingerprint density at radius 3 is 2.00 bits per heavy atom.